The number of nitrogens with zero attached hydrogens (tertiary/aromatic N) is 1. The summed E-state index contributed by atoms with van der Waals surface area (Å²) in [5.41, 5.74) is 7.37. The summed E-state index contributed by atoms with van der Waals surface area (Å²) >= 11 is 0. The fourth-order valence-electron chi connectivity index (χ4n) is 4.49. The summed E-state index contributed by atoms with van der Waals surface area (Å²) < 4.78 is 16.6. The predicted octanol–water partition coefficient (Wildman–Crippen LogP) is 3.45. The van der Waals surface area contributed by atoms with Gasteiger partial charge in [0.15, 0.2) is 12.0 Å². The highest BCUT2D eigenvalue weighted by Crippen LogP contribution is 2.38. The van der Waals surface area contributed by atoms with Crippen molar-refractivity contribution >= 4 is 22.8 Å². The van der Waals surface area contributed by atoms with Crippen molar-refractivity contribution in [3.05, 3.63) is 105 Å². The van der Waals surface area contributed by atoms with Crippen LogP contribution in [0.15, 0.2) is 82.0 Å². The van der Waals surface area contributed by atoms with Gasteiger partial charge in [-0.25, -0.2) is 0 Å². The molecule has 8 nitrogen and oxygen atoms in total. The van der Waals surface area contributed by atoms with E-state index in [0.29, 0.717) is 35.2 Å². The number of carbonyl (C=O) groups excluding carboxylic acids is 2. The van der Waals surface area contributed by atoms with Crippen LogP contribution in [0.4, 0.5) is 0 Å². The first-order valence-corrected chi connectivity index (χ1v) is 11.5. The number of para-hydroxylation sites is 1. The molecule has 182 valence electrons. The molecular weight excluding hydrogens is 460 g/mol. The lowest BCUT2D eigenvalue weighted by Gasteiger charge is -2.25. The molecule has 5 rings (SSSR count). The third-order valence-corrected chi connectivity index (χ3v) is 6.25. The summed E-state index contributed by atoms with van der Waals surface area (Å²) in [6, 6.07) is 20.8. The van der Waals surface area contributed by atoms with Crippen molar-refractivity contribution in [1.82, 2.24) is 4.90 Å². The van der Waals surface area contributed by atoms with Crippen molar-refractivity contribution in [2.24, 2.45) is 5.73 Å². The van der Waals surface area contributed by atoms with E-state index < -0.39 is 11.9 Å². The van der Waals surface area contributed by atoms with Crippen molar-refractivity contribution in [1.29, 1.82) is 0 Å². The first-order valence-electron chi connectivity index (χ1n) is 11.5. The number of ether oxygens (including phenoxy) is 2. The minimum absolute atomic E-state index is 0.0625. The second-order valence-electron chi connectivity index (χ2n) is 8.49. The highest BCUT2D eigenvalue weighted by Gasteiger charge is 2.42. The van der Waals surface area contributed by atoms with Gasteiger partial charge in [-0.2, -0.15) is 0 Å². The highest BCUT2D eigenvalue weighted by molar-refractivity contribution is 5.99. The first kappa shape index (κ1) is 23.2. The maximum atomic E-state index is 13.6. The van der Waals surface area contributed by atoms with Crippen LogP contribution in [0.25, 0.3) is 11.0 Å². The molecule has 0 unspecified atom stereocenters. The number of amides is 2. The molecule has 3 aromatic carbocycles. The van der Waals surface area contributed by atoms with Gasteiger partial charge in [0.05, 0.1) is 24.1 Å². The topological polar surface area (TPSA) is 112 Å². The summed E-state index contributed by atoms with van der Waals surface area (Å²) in [4.78, 5) is 39.8. The summed E-state index contributed by atoms with van der Waals surface area (Å²) in [6.07, 6.45) is 0.577. The Morgan fingerprint density at radius 3 is 2.36 bits per heavy atom. The molecule has 0 saturated heterocycles. The van der Waals surface area contributed by atoms with Gasteiger partial charge >= 0.3 is 0 Å². The zero-order chi connectivity index (χ0) is 25.2. The molecule has 2 amide bonds. The fourth-order valence-corrected chi connectivity index (χ4v) is 4.49. The van der Waals surface area contributed by atoms with E-state index in [4.69, 9.17) is 19.6 Å². The summed E-state index contributed by atoms with van der Waals surface area (Å²) in [7, 11) is 1.61. The smallest absolute Gasteiger partial charge is 0.290 e. The molecule has 0 saturated carbocycles. The molecule has 2 heterocycles. The van der Waals surface area contributed by atoms with Gasteiger partial charge in [-0.3, -0.25) is 14.4 Å². The van der Waals surface area contributed by atoms with Crippen molar-refractivity contribution in [3.8, 4) is 11.5 Å². The number of hydrogen-bond donors (Lipinski definition) is 1. The van der Waals surface area contributed by atoms with Gasteiger partial charge in [-0.15, -0.1) is 0 Å². The van der Waals surface area contributed by atoms with Gasteiger partial charge in [0.25, 0.3) is 11.8 Å². The normalized spacial score (nSPS) is 14.6. The Hall–Kier alpha value is -4.59. The summed E-state index contributed by atoms with van der Waals surface area (Å²) in [5, 5.41) is 0.424. The number of primary amides is 1. The number of benzene rings is 3. The standard InChI is InChI=1S/C28H24N2O6/c1-34-19-10-6-17(7-11-19)14-15-30-25(18-8-12-20(13-9-18)35-16-23(29)31)24-26(32)21-4-2-3-5-22(21)36-27(24)28(30)33/h2-13,25H,14-16H2,1H3,(H2,29,31)/t25-/m1/s1. The van der Waals surface area contributed by atoms with E-state index in [2.05, 4.69) is 0 Å². The zero-order valence-corrected chi connectivity index (χ0v) is 19.6. The fraction of sp³-hybridized carbons (Fsp3) is 0.179. The van der Waals surface area contributed by atoms with Crippen molar-refractivity contribution < 1.29 is 23.5 Å². The van der Waals surface area contributed by atoms with E-state index in [9.17, 15) is 14.4 Å². The van der Waals surface area contributed by atoms with Crippen LogP contribution in [0, 0.1) is 0 Å². The lowest BCUT2D eigenvalue weighted by Crippen LogP contribution is -2.31. The molecule has 0 aliphatic carbocycles. The largest absolute Gasteiger partial charge is 0.497 e. The Kier molecular flexibility index (Phi) is 6.16. The SMILES string of the molecule is COc1ccc(CCN2C(=O)c3oc4ccccc4c(=O)c3[C@H]2c2ccc(OCC(N)=O)cc2)cc1. The molecule has 1 atom stereocenters. The quantitative estimate of drug-likeness (QED) is 0.410. The van der Waals surface area contributed by atoms with E-state index in [1.165, 1.54) is 0 Å². The number of nitrogens with two attached hydrogens (primary N) is 1. The monoisotopic (exact) mass is 484 g/mol. The second kappa shape index (κ2) is 9.58. The lowest BCUT2D eigenvalue weighted by molar-refractivity contribution is -0.119. The molecule has 1 aliphatic rings. The Morgan fingerprint density at radius 2 is 1.67 bits per heavy atom. The second-order valence-corrected chi connectivity index (χ2v) is 8.49. The van der Waals surface area contributed by atoms with Gasteiger partial charge in [-0.1, -0.05) is 36.4 Å². The minimum Gasteiger partial charge on any atom is -0.497 e. The molecule has 0 spiro atoms. The third-order valence-electron chi connectivity index (χ3n) is 6.25. The van der Waals surface area contributed by atoms with E-state index in [-0.39, 0.29) is 23.7 Å². The zero-order valence-electron chi connectivity index (χ0n) is 19.6. The number of carbonyl (C=O) groups is 2. The summed E-state index contributed by atoms with van der Waals surface area (Å²) in [5.74, 6) is 0.357. The molecule has 2 N–H and O–H groups in total. The van der Waals surface area contributed by atoms with Crippen LogP contribution in [-0.2, 0) is 11.2 Å². The van der Waals surface area contributed by atoms with E-state index in [0.717, 1.165) is 16.9 Å². The van der Waals surface area contributed by atoms with Crippen molar-refractivity contribution in [2.45, 2.75) is 12.5 Å². The van der Waals surface area contributed by atoms with E-state index in [1.54, 1.807) is 60.5 Å². The van der Waals surface area contributed by atoms with Crippen LogP contribution in [0.3, 0.4) is 0 Å². The number of rotatable bonds is 8. The molecule has 36 heavy (non-hydrogen) atoms. The Labute approximate surface area is 206 Å². The molecule has 0 fully saturated rings. The number of methoxy groups -OCH3 is 1. The lowest BCUT2D eigenvalue weighted by atomic mass is 9.98. The molecule has 0 bridgehead atoms. The van der Waals surface area contributed by atoms with Crippen LogP contribution < -0.4 is 20.6 Å². The average molecular weight is 485 g/mol. The van der Waals surface area contributed by atoms with Crippen molar-refractivity contribution in [2.75, 3.05) is 20.3 Å². The third kappa shape index (κ3) is 4.29. The molecule has 1 aromatic heterocycles. The highest BCUT2D eigenvalue weighted by atomic mass is 16.5. The molecule has 8 heteroatoms. The van der Waals surface area contributed by atoms with Gasteiger partial charge < -0.3 is 24.5 Å². The molecular formula is C28H24N2O6. The first-order chi connectivity index (χ1) is 17.5. The van der Waals surface area contributed by atoms with Crippen molar-refractivity contribution in [3.63, 3.8) is 0 Å². The van der Waals surface area contributed by atoms with Gasteiger partial charge in [-0.05, 0) is 53.9 Å². The Morgan fingerprint density at radius 1 is 0.972 bits per heavy atom. The Bertz CT molecular complexity index is 1490. The maximum absolute atomic E-state index is 13.6. The Balaban J connectivity index is 1.53. The maximum Gasteiger partial charge on any atom is 0.290 e. The van der Waals surface area contributed by atoms with Crippen LogP contribution in [0.2, 0.25) is 0 Å². The number of fused-ring (bicyclic) bond motifs is 2. The van der Waals surface area contributed by atoms with Crippen LogP contribution in [0.1, 0.15) is 33.3 Å². The molecule has 1 aliphatic heterocycles. The minimum atomic E-state index is -0.628. The van der Waals surface area contributed by atoms with Gasteiger partial charge in [0.2, 0.25) is 5.76 Å². The molecule has 4 aromatic rings. The average Bonchev–Trinajstić information content (AvgIpc) is 3.18. The molecule has 0 radical (unpaired) electrons. The van der Waals surface area contributed by atoms with Crippen LogP contribution in [0.5, 0.6) is 11.5 Å². The number of hydrogen-bond acceptors (Lipinski definition) is 6. The van der Waals surface area contributed by atoms with E-state index >= 15 is 0 Å². The van der Waals surface area contributed by atoms with Gasteiger partial charge in [0, 0.05) is 6.54 Å². The van der Waals surface area contributed by atoms with Gasteiger partial charge in [0.1, 0.15) is 17.1 Å². The summed E-state index contributed by atoms with van der Waals surface area (Å²) in [6.45, 7) is 0.128. The van der Waals surface area contributed by atoms with Crippen LogP contribution >= 0.6 is 0 Å². The van der Waals surface area contributed by atoms with E-state index in [1.807, 2.05) is 24.3 Å². The predicted molar refractivity (Wildman–Crippen MR) is 133 cm³/mol. The van der Waals surface area contributed by atoms with Crippen LogP contribution in [-0.4, -0.2) is 37.0 Å².